The SMILES string of the molecule is Cc1cc(Sc2nc3ccccc3o2)c(C)nc1C. The highest BCUT2D eigenvalue weighted by atomic mass is 32.2. The molecule has 0 aliphatic heterocycles. The third-order valence-corrected chi connectivity index (χ3v) is 4.06. The van der Waals surface area contributed by atoms with Gasteiger partial charge in [-0.05, 0) is 56.3 Å². The predicted molar refractivity (Wildman–Crippen MR) is 76.6 cm³/mol. The molecule has 0 radical (unpaired) electrons. The fourth-order valence-electron chi connectivity index (χ4n) is 1.89. The maximum absolute atomic E-state index is 5.72. The lowest BCUT2D eigenvalue weighted by atomic mass is 10.2. The van der Waals surface area contributed by atoms with Crippen LogP contribution in [0.5, 0.6) is 0 Å². The van der Waals surface area contributed by atoms with Crippen molar-refractivity contribution in [2.45, 2.75) is 30.9 Å². The van der Waals surface area contributed by atoms with E-state index in [1.165, 1.54) is 17.3 Å². The van der Waals surface area contributed by atoms with Crippen LogP contribution in [0.4, 0.5) is 0 Å². The molecule has 0 amide bonds. The van der Waals surface area contributed by atoms with Gasteiger partial charge in [-0.2, -0.15) is 0 Å². The average molecular weight is 270 g/mol. The molecular formula is C15H14N2OS. The van der Waals surface area contributed by atoms with Crippen molar-refractivity contribution >= 4 is 22.9 Å². The molecule has 0 atom stereocenters. The van der Waals surface area contributed by atoms with Crippen LogP contribution in [-0.2, 0) is 0 Å². The van der Waals surface area contributed by atoms with Gasteiger partial charge in [0.2, 0.25) is 0 Å². The van der Waals surface area contributed by atoms with Crippen LogP contribution in [0.2, 0.25) is 0 Å². The number of nitrogens with zero attached hydrogens (tertiary/aromatic N) is 2. The molecule has 0 unspecified atom stereocenters. The first-order valence-corrected chi connectivity index (χ1v) is 6.93. The van der Waals surface area contributed by atoms with Crippen LogP contribution in [0.1, 0.15) is 17.0 Å². The van der Waals surface area contributed by atoms with Crippen LogP contribution < -0.4 is 0 Å². The van der Waals surface area contributed by atoms with Crippen LogP contribution in [-0.4, -0.2) is 9.97 Å². The number of aromatic nitrogens is 2. The van der Waals surface area contributed by atoms with E-state index in [4.69, 9.17) is 4.42 Å². The van der Waals surface area contributed by atoms with Gasteiger partial charge in [-0.3, -0.25) is 4.98 Å². The van der Waals surface area contributed by atoms with Crippen molar-refractivity contribution in [3.8, 4) is 0 Å². The molecule has 0 aliphatic rings. The van der Waals surface area contributed by atoms with Crippen LogP contribution in [0.15, 0.2) is 44.9 Å². The quantitative estimate of drug-likeness (QED) is 0.696. The molecule has 0 spiro atoms. The van der Waals surface area contributed by atoms with E-state index >= 15 is 0 Å². The molecule has 4 heteroatoms. The molecule has 3 nitrogen and oxygen atoms in total. The second-order valence-electron chi connectivity index (χ2n) is 4.52. The maximum atomic E-state index is 5.72. The van der Waals surface area contributed by atoms with Crippen LogP contribution in [0.3, 0.4) is 0 Å². The Labute approximate surface area is 116 Å². The summed E-state index contributed by atoms with van der Waals surface area (Å²) in [6.07, 6.45) is 0. The van der Waals surface area contributed by atoms with Crippen LogP contribution in [0, 0.1) is 20.8 Å². The molecule has 1 aromatic carbocycles. The number of para-hydroxylation sites is 2. The smallest absolute Gasteiger partial charge is 0.261 e. The Morgan fingerprint density at radius 3 is 2.58 bits per heavy atom. The molecule has 2 aromatic heterocycles. The van der Waals surface area contributed by atoms with Gasteiger partial charge in [0.15, 0.2) is 5.58 Å². The number of fused-ring (bicyclic) bond motifs is 1. The Bertz CT molecular complexity index is 716. The minimum absolute atomic E-state index is 0.661. The molecule has 2 heterocycles. The highest BCUT2D eigenvalue weighted by molar-refractivity contribution is 7.99. The van der Waals surface area contributed by atoms with E-state index < -0.39 is 0 Å². The lowest BCUT2D eigenvalue weighted by Crippen LogP contribution is -1.92. The summed E-state index contributed by atoms with van der Waals surface area (Å²) in [5.41, 5.74) is 4.97. The molecule has 0 saturated heterocycles. The molecule has 0 fully saturated rings. The number of hydrogen-bond acceptors (Lipinski definition) is 4. The number of oxazole rings is 1. The molecule has 0 N–H and O–H groups in total. The summed E-state index contributed by atoms with van der Waals surface area (Å²) in [6.45, 7) is 6.10. The predicted octanol–water partition coefficient (Wildman–Crippen LogP) is 4.30. The summed E-state index contributed by atoms with van der Waals surface area (Å²) in [5.74, 6) is 0. The number of hydrogen-bond donors (Lipinski definition) is 0. The third kappa shape index (κ3) is 2.36. The van der Waals surface area contributed by atoms with Crippen molar-refractivity contribution in [2.24, 2.45) is 0 Å². The second-order valence-corrected chi connectivity index (χ2v) is 5.52. The van der Waals surface area contributed by atoms with Gasteiger partial charge in [-0.25, -0.2) is 4.98 Å². The van der Waals surface area contributed by atoms with Gasteiger partial charge < -0.3 is 4.42 Å². The highest BCUT2D eigenvalue weighted by Crippen LogP contribution is 2.32. The summed E-state index contributed by atoms with van der Waals surface area (Å²) in [6, 6.07) is 9.93. The van der Waals surface area contributed by atoms with E-state index in [9.17, 15) is 0 Å². The Balaban J connectivity index is 1.98. The van der Waals surface area contributed by atoms with Gasteiger partial charge in [-0.15, -0.1) is 0 Å². The molecule has 19 heavy (non-hydrogen) atoms. The van der Waals surface area contributed by atoms with Crippen LogP contribution in [0.25, 0.3) is 11.1 Å². The monoisotopic (exact) mass is 270 g/mol. The number of rotatable bonds is 2. The normalized spacial score (nSPS) is 11.1. The van der Waals surface area contributed by atoms with Crippen molar-refractivity contribution in [3.63, 3.8) is 0 Å². The lowest BCUT2D eigenvalue weighted by molar-refractivity contribution is 0.489. The molecule has 3 aromatic rings. The van der Waals surface area contributed by atoms with Crippen molar-refractivity contribution in [2.75, 3.05) is 0 Å². The number of pyridine rings is 1. The van der Waals surface area contributed by atoms with E-state index in [1.807, 2.05) is 38.1 Å². The van der Waals surface area contributed by atoms with Crippen molar-refractivity contribution in [3.05, 3.63) is 47.3 Å². The first-order valence-electron chi connectivity index (χ1n) is 6.12. The van der Waals surface area contributed by atoms with Gasteiger partial charge in [0, 0.05) is 10.6 Å². The Morgan fingerprint density at radius 1 is 1.00 bits per heavy atom. The highest BCUT2D eigenvalue weighted by Gasteiger charge is 2.10. The first kappa shape index (κ1) is 12.2. The summed E-state index contributed by atoms with van der Waals surface area (Å²) >= 11 is 1.52. The summed E-state index contributed by atoms with van der Waals surface area (Å²) < 4.78 is 5.72. The second kappa shape index (κ2) is 4.70. The van der Waals surface area contributed by atoms with E-state index in [2.05, 4.69) is 23.0 Å². The van der Waals surface area contributed by atoms with E-state index in [-0.39, 0.29) is 0 Å². The molecule has 0 aliphatic carbocycles. The topological polar surface area (TPSA) is 38.9 Å². The summed E-state index contributed by atoms with van der Waals surface area (Å²) in [7, 11) is 0. The van der Waals surface area contributed by atoms with Crippen molar-refractivity contribution < 1.29 is 4.42 Å². The van der Waals surface area contributed by atoms with Crippen LogP contribution >= 0.6 is 11.8 Å². The zero-order chi connectivity index (χ0) is 13.4. The fraction of sp³-hybridized carbons (Fsp3) is 0.200. The standard InChI is InChI=1S/C15H14N2OS/c1-9-8-14(11(3)16-10(9)2)19-15-17-12-6-4-5-7-13(12)18-15/h4-8H,1-3H3. The Hall–Kier alpha value is -1.81. The molecule has 3 rings (SSSR count). The zero-order valence-electron chi connectivity index (χ0n) is 11.1. The number of benzene rings is 1. The minimum atomic E-state index is 0.661. The lowest BCUT2D eigenvalue weighted by Gasteiger charge is -2.06. The third-order valence-electron chi connectivity index (χ3n) is 3.08. The molecular weight excluding hydrogens is 256 g/mol. The van der Waals surface area contributed by atoms with Gasteiger partial charge in [0.1, 0.15) is 5.52 Å². The van der Waals surface area contributed by atoms with Gasteiger partial charge in [-0.1, -0.05) is 12.1 Å². The zero-order valence-corrected chi connectivity index (χ0v) is 11.9. The van der Waals surface area contributed by atoms with Gasteiger partial charge >= 0.3 is 0 Å². The van der Waals surface area contributed by atoms with Gasteiger partial charge in [0.25, 0.3) is 5.22 Å². The minimum Gasteiger partial charge on any atom is -0.431 e. The average Bonchev–Trinajstić information content (AvgIpc) is 2.78. The van der Waals surface area contributed by atoms with Gasteiger partial charge in [0.05, 0.1) is 5.69 Å². The summed E-state index contributed by atoms with van der Waals surface area (Å²) in [4.78, 5) is 10.1. The van der Waals surface area contributed by atoms with E-state index in [1.54, 1.807) is 0 Å². The summed E-state index contributed by atoms with van der Waals surface area (Å²) in [5, 5.41) is 0.661. The molecule has 96 valence electrons. The number of aryl methyl sites for hydroxylation is 3. The fourth-order valence-corrected chi connectivity index (χ4v) is 2.79. The molecule has 0 bridgehead atoms. The first-order chi connectivity index (χ1) is 9.13. The molecule has 0 saturated carbocycles. The largest absolute Gasteiger partial charge is 0.431 e. The van der Waals surface area contributed by atoms with E-state index in [0.717, 1.165) is 27.4 Å². The van der Waals surface area contributed by atoms with Crippen molar-refractivity contribution in [1.29, 1.82) is 0 Å². The maximum Gasteiger partial charge on any atom is 0.261 e. The van der Waals surface area contributed by atoms with E-state index in [0.29, 0.717) is 5.22 Å². The Morgan fingerprint density at radius 2 is 1.79 bits per heavy atom. The van der Waals surface area contributed by atoms with Crippen molar-refractivity contribution in [1.82, 2.24) is 9.97 Å². The Kier molecular flexibility index (Phi) is 3.03.